The first kappa shape index (κ1) is 30.0. The van der Waals surface area contributed by atoms with Gasteiger partial charge in [-0.05, 0) is 48.4 Å². The molecular weight excluding hydrogens is 602 g/mol. The van der Waals surface area contributed by atoms with E-state index in [4.69, 9.17) is 0 Å². The molecule has 4 aromatic rings. The molecule has 2 amide bonds. The van der Waals surface area contributed by atoms with Crippen molar-refractivity contribution >= 4 is 43.5 Å². The molecule has 41 heavy (non-hydrogen) atoms. The van der Waals surface area contributed by atoms with Gasteiger partial charge in [-0.15, -0.1) is 0 Å². The molecular formula is C32H32BrN3O4S. The minimum Gasteiger partial charge on any atom is -0.355 e. The van der Waals surface area contributed by atoms with E-state index < -0.39 is 28.5 Å². The maximum Gasteiger partial charge on any atom is 0.264 e. The summed E-state index contributed by atoms with van der Waals surface area (Å²) in [6.07, 6.45) is 0.271. The van der Waals surface area contributed by atoms with E-state index in [-0.39, 0.29) is 23.8 Å². The Balaban J connectivity index is 1.78. The fourth-order valence-electron chi connectivity index (χ4n) is 4.51. The number of benzene rings is 4. The van der Waals surface area contributed by atoms with Gasteiger partial charge in [-0.2, -0.15) is 0 Å². The Morgan fingerprint density at radius 1 is 0.805 bits per heavy atom. The van der Waals surface area contributed by atoms with Crippen molar-refractivity contribution in [2.75, 3.05) is 17.4 Å². The molecule has 1 atom stereocenters. The molecule has 0 aromatic heterocycles. The van der Waals surface area contributed by atoms with E-state index in [2.05, 4.69) is 21.2 Å². The van der Waals surface area contributed by atoms with Crippen molar-refractivity contribution in [2.24, 2.45) is 0 Å². The molecule has 0 bridgehead atoms. The molecule has 9 heteroatoms. The van der Waals surface area contributed by atoms with Crippen LogP contribution in [-0.4, -0.2) is 44.3 Å². The standard InChI is InChI=1S/C32H32BrN3O4S/c1-2-34-32(38)30(21-25-13-6-3-7-14-25)35(23-26-15-8-4-9-16-26)31(37)24-36(28-18-12-17-27(33)22-28)41(39,40)29-19-10-5-11-20-29/h3-20,22,30H,2,21,23-24H2,1H3,(H,34,38)/t30-/m0/s1. The van der Waals surface area contributed by atoms with Gasteiger partial charge < -0.3 is 10.2 Å². The van der Waals surface area contributed by atoms with E-state index in [1.54, 1.807) is 42.5 Å². The summed E-state index contributed by atoms with van der Waals surface area (Å²) >= 11 is 3.42. The second-order valence-corrected chi connectivity index (χ2v) is 12.2. The van der Waals surface area contributed by atoms with Crippen LogP contribution in [0.3, 0.4) is 0 Å². The second kappa shape index (κ2) is 14.1. The molecule has 0 radical (unpaired) electrons. The third-order valence-corrected chi connectivity index (χ3v) is 8.81. The van der Waals surface area contributed by atoms with E-state index in [0.717, 1.165) is 15.4 Å². The van der Waals surface area contributed by atoms with Crippen molar-refractivity contribution in [3.8, 4) is 0 Å². The summed E-state index contributed by atoms with van der Waals surface area (Å²) in [5.41, 5.74) is 2.03. The van der Waals surface area contributed by atoms with Gasteiger partial charge in [0.25, 0.3) is 10.0 Å². The summed E-state index contributed by atoms with van der Waals surface area (Å²) < 4.78 is 29.6. The topological polar surface area (TPSA) is 86.8 Å². The lowest BCUT2D eigenvalue weighted by molar-refractivity contribution is -0.140. The van der Waals surface area contributed by atoms with E-state index >= 15 is 0 Å². The average Bonchev–Trinajstić information content (AvgIpc) is 2.99. The molecule has 4 aromatic carbocycles. The summed E-state index contributed by atoms with van der Waals surface area (Å²) in [5, 5.41) is 2.86. The predicted octanol–water partition coefficient (Wildman–Crippen LogP) is 5.42. The number of amides is 2. The minimum absolute atomic E-state index is 0.0620. The fourth-order valence-corrected chi connectivity index (χ4v) is 6.32. The zero-order valence-electron chi connectivity index (χ0n) is 22.7. The van der Waals surface area contributed by atoms with Gasteiger partial charge in [0.2, 0.25) is 11.8 Å². The highest BCUT2D eigenvalue weighted by molar-refractivity contribution is 9.10. The van der Waals surface area contributed by atoms with Crippen LogP contribution >= 0.6 is 15.9 Å². The number of halogens is 1. The van der Waals surface area contributed by atoms with Gasteiger partial charge in [-0.1, -0.05) is 101 Å². The first-order valence-electron chi connectivity index (χ1n) is 13.3. The third kappa shape index (κ3) is 7.83. The maximum absolute atomic E-state index is 14.3. The van der Waals surface area contributed by atoms with Crippen molar-refractivity contribution < 1.29 is 18.0 Å². The van der Waals surface area contributed by atoms with Crippen LogP contribution in [0.4, 0.5) is 5.69 Å². The smallest absolute Gasteiger partial charge is 0.264 e. The molecule has 0 heterocycles. The molecule has 1 N–H and O–H groups in total. The Morgan fingerprint density at radius 2 is 1.39 bits per heavy atom. The van der Waals surface area contributed by atoms with Crippen molar-refractivity contribution in [2.45, 2.75) is 30.8 Å². The lowest BCUT2D eigenvalue weighted by Crippen LogP contribution is -2.53. The normalized spacial score (nSPS) is 11.9. The Morgan fingerprint density at radius 3 is 1.98 bits per heavy atom. The van der Waals surface area contributed by atoms with Crippen LogP contribution in [0, 0.1) is 0 Å². The van der Waals surface area contributed by atoms with Crippen LogP contribution in [0.5, 0.6) is 0 Å². The summed E-state index contributed by atoms with van der Waals surface area (Å²) in [5.74, 6) is -0.805. The highest BCUT2D eigenvalue weighted by Gasteiger charge is 2.34. The van der Waals surface area contributed by atoms with Crippen LogP contribution in [0.25, 0.3) is 0 Å². The first-order chi connectivity index (χ1) is 19.8. The first-order valence-corrected chi connectivity index (χ1v) is 15.5. The van der Waals surface area contributed by atoms with Gasteiger partial charge in [-0.3, -0.25) is 13.9 Å². The monoisotopic (exact) mass is 633 g/mol. The molecule has 0 unspecified atom stereocenters. The number of sulfonamides is 1. The lowest BCUT2D eigenvalue weighted by Gasteiger charge is -2.33. The number of nitrogens with one attached hydrogen (secondary N) is 1. The number of rotatable bonds is 12. The molecule has 0 aliphatic carbocycles. The van der Waals surface area contributed by atoms with Crippen LogP contribution in [-0.2, 0) is 32.6 Å². The molecule has 0 fully saturated rings. The van der Waals surface area contributed by atoms with Gasteiger partial charge in [0.05, 0.1) is 10.6 Å². The van der Waals surface area contributed by atoms with E-state index in [9.17, 15) is 18.0 Å². The van der Waals surface area contributed by atoms with E-state index in [1.807, 2.05) is 67.6 Å². The van der Waals surface area contributed by atoms with Gasteiger partial charge in [0, 0.05) is 24.0 Å². The zero-order chi connectivity index (χ0) is 29.2. The highest BCUT2D eigenvalue weighted by Crippen LogP contribution is 2.27. The number of likely N-dealkylation sites (N-methyl/N-ethyl adjacent to an activating group) is 1. The molecule has 0 spiro atoms. The van der Waals surface area contributed by atoms with Crippen LogP contribution in [0.1, 0.15) is 18.1 Å². The number of hydrogen-bond donors (Lipinski definition) is 1. The molecule has 0 aliphatic heterocycles. The van der Waals surface area contributed by atoms with Gasteiger partial charge in [0.1, 0.15) is 12.6 Å². The number of carbonyl (C=O) groups is 2. The Bertz CT molecular complexity index is 1550. The largest absolute Gasteiger partial charge is 0.355 e. The Kier molecular flexibility index (Phi) is 10.3. The predicted molar refractivity (Wildman–Crippen MR) is 165 cm³/mol. The summed E-state index contributed by atoms with van der Waals surface area (Å²) in [7, 11) is -4.12. The third-order valence-electron chi connectivity index (χ3n) is 6.52. The van der Waals surface area contributed by atoms with E-state index in [0.29, 0.717) is 16.7 Å². The molecule has 0 saturated heterocycles. The van der Waals surface area contributed by atoms with Gasteiger partial charge in [-0.25, -0.2) is 8.42 Å². The molecule has 4 rings (SSSR count). The van der Waals surface area contributed by atoms with Gasteiger partial charge >= 0.3 is 0 Å². The number of nitrogens with zero attached hydrogens (tertiary/aromatic N) is 2. The Hall–Kier alpha value is -3.95. The molecule has 0 saturated carbocycles. The van der Waals surface area contributed by atoms with Crippen molar-refractivity contribution in [3.63, 3.8) is 0 Å². The lowest BCUT2D eigenvalue weighted by atomic mass is 10.0. The second-order valence-electron chi connectivity index (χ2n) is 9.41. The van der Waals surface area contributed by atoms with Crippen molar-refractivity contribution in [1.82, 2.24) is 10.2 Å². The summed E-state index contributed by atoms with van der Waals surface area (Å²) in [4.78, 5) is 29.3. The summed E-state index contributed by atoms with van der Waals surface area (Å²) in [6, 6.07) is 32.8. The van der Waals surface area contributed by atoms with Crippen molar-refractivity contribution in [1.29, 1.82) is 0 Å². The summed E-state index contributed by atoms with van der Waals surface area (Å²) in [6.45, 7) is 1.85. The number of anilines is 1. The highest BCUT2D eigenvalue weighted by atomic mass is 79.9. The average molecular weight is 635 g/mol. The van der Waals surface area contributed by atoms with E-state index in [1.165, 1.54) is 17.0 Å². The minimum atomic E-state index is -4.12. The fraction of sp³-hybridized carbons (Fsp3) is 0.188. The molecule has 7 nitrogen and oxygen atoms in total. The quantitative estimate of drug-likeness (QED) is 0.226. The molecule has 0 aliphatic rings. The maximum atomic E-state index is 14.3. The van der Waals surface area contributed by atoms with Gasteiger partial charge in [0.15, 0.2) is 0 Å². The van der Waals surface area contributed by atoms with Crippen molar-refractivity contribution in [3.05, 3.63) is 131 Å². The van der Waals surface area contributed by atoms with Crippen LogP contribution in [0.15, 0.2) is 125 Å². The van der Waals surface area contributed by atoms with Crippen LogP contribution in [0.2, 0.25) is 0 Å². The molecule has 212 valence electrons. The number of hydrogen-bond acceptors (Lipinski definition) is 4. The Labute approximate surface area is 250 Å². The van der Waals surface area contributed by atoms with Crippen LogP contribution < -0.4 is 9.62 Å². The zero-order valence-corrected chi connectivity index (χ0v) is 25.1. The SMILES string of the molecule is CCNC(=O)[C@H](Cc1ccccc1)N(Cc1ccccc1)C(=O)CN(c1cccc(Br)c1)S(=O)(=O)c1ccccc1. The number of carbonyl (C=O) groups excluding carboxylic acids is 2.